The molecule has 0 unspecified atom stereocenters. The lowest BCUT2D eigenvalue weighted by molar-refractivity contribution is 0.238. The molecule has 0 radical (unpaired) electrons. The largest absolute Gasteiger partial charge is 0.341 e. The fraction of sp³-hybridized carbons (Fsp3) is 0.857. The molecule has 0 atom stereocenters. The first-order valence-electron chi connectivity index (χ1n) is 3.72. The van der Waals surface area contributed by atoms with E-state index in [1.54, 1.807) is 7.05 Å². The first kappa shape index (κ1) is 9.27. The first-order valence-corrected chi connectivity index (χ1v) is 3.72. The van der Waals surface area contributed by atoms with E-state index >= 15 is 0 Å². The molecule has 0 rings (SSSR count). The molecule has 0 bridgehead atoms. The standard InChI is InChI=1S/C7H16N2O/c1-4-6(5-2)9-7(10)8-3/h6H,4-5H2,1-3H3,(H2,8,9,10). The summed E-state index contributed by atoms with van der Waals surface area (Å²) in [6, 6.07) is 0.230. The number of urea groups is 1. The lowest BCUT2D eigenvalue weighted by Crippen LogP contribution is -2.39. The molecule has 10 heavy (non-hydrogen) atoms. The molecule has 3 nitrogen and oxygen atoms in total. The molecule has 0 aliphatic rings. The van der Waals surface area contributed by atoms with Gasteiger partial charge in [-0.05, 0) is 12.8 Å². The van der Waals surface area contributed by atoms with Crippen molar-refractivity contribution in [2.45, 2.75) is 32.7 Å². The Morgan fingerprint density at radius 1 is 1.40 bits per heavy atom. The smallest absolute Gasteiger partial charge is 0.314 e. The summed E-state index contributed by atoms with van der Waals surface area (Å²) in [5.74, 6) is 0. The van der Waals surface area contributed by atoms with Crippen LogP contribution >= 0.6 is 0 Å². The molecule has 0 aromatic heterocycles. The van der Waals surface area contributed by atoms with Crippen LogP contribution in [0.4, 0.5) is 4.79 Å². The average molecular weight is 144 g/mol. The van der Waals surface area contributed by atoms with Gasteiger partial charge >= 0.3 is 6.03 Å². The van der Waals surface area contributed by atoms with Crippen molar-refractivity contribution in [3.63, 3.8) is 0 Å². The van der Waals surface area contributed by atoms with Crippen molar-refractivity contribution in [2.75, 3.05) is 7.05 Å². The lowest BCUT2D eigenvalue weighted by Gasteiger charge is -2.13. The van der Waals surface area contributed by atoms with Crippen molar-refractivity contribution in [1.82, 2.24) is 10.6 Å². The molecule has 0 aromatic carbocycles. The summed E-state index contributed by atoms with van der Waals surface area (Å²) in [5.41, 5.74) is 0. The fourth-order valence-electron chi connectivity index (χ4n) is 0.750. The van der Waals surface area contributed by atoms with Gasteiger partial charge in [-0.25, -0.2) is 4.79 Å². The van der Waals surface area contributed by atoms with Gasteiger partial charge in [-0.1, -0.05) is 13.8 Å². The number of rotatable bonds is 3. The van der Waals surface area contributed by atoms with E-state index in [-0.39, 0.29) is 6.03 Å². The molecule has 0 aliphatic carbocycles. The van der Waals surface area contributed by atoms with Crippen molar-refractivity contribution >= 4 is 6.03 Å². The number of nitrogens with one attached hydrogen (secondary N) is 2. The Labute approximate surface area is 62.2 Å². The highest BCUT2D eigenvalue weighted by atomic mass is 16.2. The highest BCUT2D eigenvalue weighted by Gasteiger charge is 2.04. The molecule has 60 valence electrons. The maximum atomic E-state index is 10.7. The van der Waals surface area contributed by atoms with Crippen molar-refractivity contribution in [3.8, 4) is 0 Å². The topological polar surface area (TPSA) is 41.1 Å². The second-order valence-electron chi connectivity index (χ2n) is 2.24. The number of hydrogen-bond acceptors (Lipinski definition) is 1. The van der Waals surface area contributed by atoms with E-state index in [0.29, 0.717) is 6.04 Å². The van der Waals surface area contributed by atoms with Gasteiger partial charge in [0.1, 0.15) is 0 Å². The third-order valence-corrected chi connectivity index (χ3v) is 1.55. The van der Waals surface area contributed by atoms with E-state index in [0.717, 1.165) is 12.8 Å². The summed E-state index contributed by atoms with van der Waals surface area (Å²) < 4.78 is 0. The van der Waals surface area contributed by atoms with Gasteiger partial charge in [0.25, 0.3) is 0 Å². The summed E-state index contributed by atoms with van der Waals surface area (Å²) >= 11 is 0. The summed E-state index contributed by atoms with van der Waals surface area (Å²) in [7, 11) is 1.62. The molecule has 0 saturated heterocycles. The maximum absolute atomic E-state index is 10.7. The van der Waals surface area contributed by atoms with E-state index in [2.05, 4.69) is 24.5 Å². The minimum atomic E-state index is -0.0892. The second kappa shape index (κ2) is 5.09. The summed E-state index contributed by atoms with van der Waals surface area (Å²) in [6.07, 6.45) is 1.98. The van der Waals surface area contributed by atoms with Crippen LogP contribution in [-0.2, 0) is 0 Å². The SMILES string of the molecule is CCC(CC)NC(=O)NC. The molecule has 0 aliphatic heterocycles. The predicted molar refractivity (Wildman–Crippen MR) is 42.0 cm³/mol. The summed E-state index contributed by atoms with van der Waals surface area (Å²) in [4.78, 5) is 10.7. The van der Waals surface area contributed by atoms with Crippen LogP contribution in [0.2, 0.25) is 0 Å². The maximum Gasteiger partial charge on any atom is 0.314 e. The van der Waals surface area contributed by atoms with Gasteiger partial charge < -0.3 is 10.6 Å². The monoisotopic (exact) mass is 144 g/mol. The molecule has 3 heteroatoms. The minimum Gasteiger partial charge on any atom is -0.341 e. The fourth-order valence-corrected chi connectivity index (χ4v) is 0.750. The molecule has 0 saturated carbocycles. The molecule has 0 heterocycles. The molecular formula is C7H16N2O. The molecular weight excluding hydrogens is 128 g/mol. The van der Waals surface area contributed by atoms with Crippen LogP contribution in [0.5, 0.6) is 0 Å². The van der Waals surface area contributed by atoms with Gasteiger partial charge in [0, 0.05) is 13.1 Å². The number of hydrogen-bond donors (Lipinski definition) is 2. The van der Waals surface area contributed by atoms with E-state index in [4.69, 9.17) is 0 Å². The van der Waals surface area contributed by atoms with Crippen LogP contribution in [0.1, 0.15) is 26.7 Å². The van der Waals surface area contributed by atoms with E-state index in [9.17, 15) is 4.79 Å². The second-order valence-corrected chi connectivity index (χ2v) is 2.24. The highest BCUT2D eigenvalue weighted by Crippen LogP contribution is 1.94. The van der Waals surface area contributed by atoms with Crippen LogP contribution in [0.15, 0.2) is 0 Å². The zero-order valence-corrected chi connectivity index (χ0v) is 6.90. The Bertz CT molecular complexity index is 99.8. The minimum absolute atomic E-state index is 0.0892. The van der Waals surface area contributed by atoms with Gasteiger partial charge in [0.05, 0.1) is 0 Å². The Balaban J connectivity index is 3.52. The van der Waals surface area contributed by atoms with Crippen molar-refractivity contribution in [2.24, 2.45) is 0 Å². The quantitative estimate of drug-likeness (QED) is 0.612. The van der Waals surface area contributed by atoms with Crippen LogP contribution < -0.4 is 10.6 Å². The van der Waals surface area contributed by atoms with Crippen molar-refractivity contribution < 1.29 is 4.79 Å². The van der Waals surface area contributed by atoms with Gasteiger partial charge in [0.2, 0.25) is 0 Å². The first-order chi connectivity index (χ1) is 4.74. The molecule has 0 fully saturated rings. The third-order valence-electron chi connectivity index (χ3n) is 1.55. The Morgan fingerprint density at radius 3 is 2.20 bits per heavy atom. The van der Waals surface area contributed by atoms with Crippen LogP contribution in [0, 0.1) is 0 Å². The normalized spacial score (nSPS) is 9.60. The van der Waals surface area contributed by atoms with Gasteiger partial charge in [-0.3, -0.25) is 0 Å². The summed E-state index contributed by atoms with van der Waals surface area (Å²) in [6.45, 7) is 4.12. The third kappa shape index (κ3) is 3.33. The van der Waals surface area contributed by atoms with Gasteiger partial charge in [-0.15, -0.1) is 0 Å². The van der Waals surface area contributed by atoms with Crippen LogP contribution in [0.3, 0.4) is 0 Å². The number of carbonyl (C=O) groups excluding carboxylic acids is 1. The average Bonchev–Trinajstić information content (AvgIpc) is 1.99. The zero-order chi connectivity index (χ0) is 7.98. The van der Waals surface area contributed by atoms with Crippen LogP contribution in [0.25, 0.3) is 0 Å². The molecule has 2 amide bonds. The Hall–Kier alpha value is -0.730. The molecule has 0 spiro atoms. The number of amides is 2. The van der Waals surface area contributed by atoms with Gasteiger partial charge in [0.15, 0.2) is 0 Å². The Kier molecular flexibility index (Phi) is 4.72. The molecule has 0 aromatic rings. The number of carbonyl (C=O) groups is 1. The van der Waals surface area contributed by atoms with E-state index in [1.165, 1.54) is 0 Å². The molecule has 2 N–H and O–H groups in total. The van der Waals surface area contributed by atoms with E-state index in [1.807, 2.05) is 0 Å². The zero-order valence-electron chi connectivity index (χ0n) is 6.90. The van der Waals surface area contributed by atoms with Crippen molar-refractivity contribution in [1.29, 1.82) is 0 Å². The Morgan fingerprint density at radius 2 is 1.90 bits per heavy atom. The van der Waals surface area contributed by atoms with Crippen molar-refractivity contribution in [3.05, 3.63) is 0 Å². The lowest BCUT2D eigenvalue weighted by atomic mass is 10.2. The van der Waals surface area contributed by atoms with Gasteiger partial charge in [-0.2, -0.15) is 0 Å². The van der Waals surface area contributed by atoms with E-state index < -0.39 is 0 Å². The highest BCUT2D eigenvalue weighted by molar-refractivity contribution is 5.73. The summed E-state index contributed by atoms with van der Waals surface area (Å²) in [5, 5.41) is 5.33. The van der Waals surface area contributed by atoms with Crippen LogP contribution in [-0.4, -0.2) is 19.1 Å². The predicted octanol–water partition coefficient (Wildman–Crippen LogP) is 1.10.